The molecule has 1 aliphatic heterocycles. The highest BCUT2D eigenvalue weighted by Gasteiger charge is 2.17. The fourth-order valence-corrected chi connectivity index (χ4v) is 3.10. The van der Waals surface area contributed by atoms with Gasteiger partial charge in [0.05, 0.1) is 12.3 Å². The van der Waals surface area contributed by atoms with Gasteiger partial charge in [-0.3, -0.25) is 5.43 Å². The van der Waals surface area contributed by atoms with Crippen molar-refractivity contribution in [2.45, 2.75) is 6.92 Å². The van der Waals surface area contributed by atoms with E-state index in [4.69, 9.17) is 21.3 Å². The normalized spacial score (nSPS) is 13.0. The Morgan fingerprint density at radius 1 is 0.926 bits per heavy atom. The number of hydrogen-bond acceptors (Lipinski definition) is 4. The number of amidine groups is 1. The molecule has 4 rings (SSSR count). The Hall–Kier alpha value is -3.11. The van der Waals surface area contributed by atoms with E-state index in [0.717, 1.165) is 33.8 Å². The summed E-state index contributed by atoms with van der Waals surface area (Å²) in [5.74, 6) is 1.50. The summed E-state index contributed by atoms with van der Waals surface area (Å²) in [6.45, 7) is 2.60. The van der Waals surface area contributed by atoms with Crippen LogP contribution in [0.5, 0.6) is 5.75 Å². The van der Waals surface area contributed by atoms with E-state index in [1.54, 1.807) is 0 Å². The molecular weight excluding hydrogens is 358 g/mol. The number of benzene rings is 3. The number of nitrogens with one attached hydrogen (secondary N) is 1. The van der Waals surface area contributed by atoms with Crippen molar-refractivity contribution in [1.82, 2.24) is 5.43 Å². The molecule has 1 heterocycles. The summed E-state index contributed by atoms with van der Waals surface area (Å²) in [6, 6.07) is 23.4. The summed E-state index contributed by atoms with van der Waals surface area (Å²) in [7, 11) is 0. The fourth-order valence-electron chi connectivity index (χ4n) is 2.93. The van der Waals surface area contributed by atoms with Crippen LogP contribution in [0.25, 0.3) is 0 Å². The van der Waals surface area contributed by atoms with Gasteiger partial charge in [-0.15, -0.1) is 0 Å². The van der Waals surface area contributed by atoms with Crippen molar-refractivity contribution in [2.75, 3.05) is 6.61 Å². The summed E-state index contributed by atoms with van der Waals surface area (Å²) in [5.41, 5.74) is 7.55. The van der Waals surface area contributed by atoms with E-state index in [1.807, 2.05) is 79.7 Å². The zero-order valence-electron chi connectivity index (χ0n) is 14.8. The van der Waals surface area contributed by atoms with Gasteiger partial charge in [0, 0.05) is 21.7 Å². The van der Waals surface area contributed by atoms with Crippen LogP contribution < -0.4 is 10.2 Å². The van der Waals surface area contributed by atoms with Crippen molar-refractivity contribution < 1.29 is 4.74 Å². The summed E-state index contributed by atoms with van der Waals surface area (Å²) in [6.07, 6.45) is 0. The lowest BCUT2D eigenvalue weighted by Gasteiger charge is -2.08. The van der Waals surface area contributed by atoms with Crippen molar-refractivity contribution in [3.8, 4) is 5.75 Å². The van der Waals surface area contributed by atoms with Gasteiger partial charge in [0.25, 0.3) is 0 Å². The average molecular weight is 376 g/mol. The van der Waals surface area contributed by atoms with E-state index < -0.39 is 0 Å². The maximum Gasteiger partial charge on any atom is 0.154 e. The first-order chi connectivity index (χ1) is 13.2. The summed E-state index contributed by atoms with van der Waals surface area (Å²) >= 11 is 6.25. The fraction of sp³-hybridized carbons (Fsp3) is 0.0909. The van der Waals surface area contributed by atoms with E-state index in [9.17, 15) is 0 Å². The third-order valence-corrected chi connectivity index (χ3v) is 4.44. The van der Waals surface area contributed by atoms with Crippen LogP contribution >= 0.6 is 11.6 Å². The first kappa shape index (κ1) is 17.3. The SMILES string of the molecule is CCOc1ccc(C2=Nc3ccc(Cl)cc3C(c3ccccc3)=NN2)cc1. The van der Waals surface area contributed by atoms with E-state index in [-0.39, 0.29) is 0 Å². The molecule has 0 spiro atoms. The topological polar surface area (TPSA) is 46.0 Å². The summed E-state index contributed by atoms with van der Waals surface area (Å²) < 4.78 is 5.51. The minimum atomic E-state index is 0.636. The zero-order valence-corrected chi connectivity index (χ0v) is 15.6. The predicted octanol–water partition coefficient (Wildman–Crippen LogP) is 5.17. The van der Waals surface area contributed by atoms with Crippen molar-refractivity contribution in [1.29, 1.82) is 0 Å². The molecule has 134 valence electrons. The van der Waals surface area contributed by atoms with Crippen LogP contribution in [0.1, 0.15) is 23.6 Å². The summed E-state index contributed by atoms with van der Waals surface area (Å²) in [4.78, 5) is 4.79. The highest BCUT2D eigenvalue weighted by molar-refractivity contribution is 6.31. The van der Waals surface area contributed by atoms with Crippen molar-refractivity contribution in [3.63, 3.8) is 0 Å². The van der Waals surface area contributed by atoms with E-state index in [2.05, 4.69) is 10.5 Å². The van der Waals surface area contributed by atoms with Gasteiger partial charge in [0.2, 0.25) is 0 Å². The molecule has 1 aliphatic rings. The Morgan fingerprint density at radius 3 is 2.44 bits per heavy atom. The lowest BCUT2D eigenvalue weighted by molar-refractivity contribution is 0.340. The van der Waals surface area contributed by atoms with Gasteiger partial charge in [-0.05, 0) is 49.4 Å². The van der Waals surface area contributed by atoms with E-state index in [0.29, 0.717) is 17.5 Å². The van der Waals surface area contributed by atoms with Gasteiger partial charge in [-0.1, -0.05) is 41.9 Å². The second-order valence-electron chi connectivity index (χ2n) is 6.02. The molecule has 3 aromatic carbocycles. The second kappa shape index (κ2) is 7.64. The first-order valence-electron chi connectivity index (χ1n) is 8.75. The quantitative estimate of drug-likeness (QED) is 0.683. The third-order valence-electron chi connectivity index (χ3n) is 4.21. The maximum absolute atomic E-state index is 6.25. The highest BCUT2D eigenvalue weighted by Crippen LogP contribution is 2.28. The van der Waals surface area contributed by atoms with Crippen LogP contribution in [0.4, 0.5) is 5.69 Å². The highest BCUT2D eigenvalue weighted by atomic mass is 35.5. The molecule has 0 fully saturated rings. The molecular formula is C22H18ClN3O. The Morgan fingerprint density at radius 2 is 1.70 bits per heavy atom. The van der Waals surface area contributed by atoms with Gasteiger partial charge in [0.1, 0.15) is 11.5 Å². The van der Waals surface area contributed by atoms with Crippen LogP contribution in [-0.2, 0) is 0 Å². The molecule has 0 atom stereocenters. The standard InChI is InChI=1S/C22H18ClN3O/c1-2-27-18-11-8-16(9-12-18)22-24-20-13-10-17(23)14-19(20)21(25-26-22)15-6-4-3-5-7-15/h3-14H,2H2,1H3,(H,24,26). The monoisotopic (exact) mass is 375 g/mol. The van der Waals surface area contributed by atoms with Crippen LogP contribution in [0, 0.1) is 0 Å². The van der Waals surface area contributed by atoms with Gasteiger partial charge < -0.3 is 4.74 Å². The molecule has 0 aliphatic carbocycles. The minimum absolute atomic E-state index is 0.636. The van der Waals surface area contributed by atoms with Crippen molar-refractivity contribution in [2.24, 2.45) is 10.1 Å². The molecule has 0 saturated carbocycles. The Balaban J connectivity index is 1.79. The smallest absolute Gasteiger partial charge is 0.154 e. The first-order valence-corrected chi connectivity index (χ1v) is 9.13. The lowest BCUT2D eigenvalue weighted by Crippen LogP contribution is -2.19. The number of nitrogens with zero attached hydrogens (tertiary/aromatic N) is 2. The molecule has 0 amide bonds. The molecule has 3 aromatic rings. The van der Waals surface area contributed by atoms with Gasteiger partial charge in [-0.25, -0.2) is 4.99 Å². The number of halogens is 1. The Bertz CT molecular complexity index is 1010. The summed E-state index contributed by atoms with van der Waals surface area (Å²) in [5, 5.41) is 5.29. The van der Waals surface area contributed by atoms with Crippen LogP contribution in [0.15, 0.2) is 82.9 Å². The van der Waals surface area contributed by atoms with Crippen molar-refractivity contribution >= 4 is 28.8 Å². The van der Waals surface area contributed by atoms with E-state index in [1.165, 1.54) is 0 Å². The van der Waals surface area contributed by atoms with Gasteiger partial charge in [0.15, 0.2) is 5.84 Å². The maximum atomic E-state index is 6.25. The van der Waals surface area contributed by atoms with Gasteiger partial charge >= 0.3 is 0 Å². The molecule has 0 saturated heterocycles. The van der Waals surface area contributed by atoms with Crippen LogP contribution in [-0.4, -0.2) is 18.2 Å². The molecule has 0 unspecified atom stereocenters. The number of ether oxygens (including phenoxy) is 1. The number of fused-ring (bicyclic) bond motifs is 1. The Kier molecular flexibility index (Phi) is 4.90. The number of rotatable bonds is 4. The number of hydrazone groups is 1. The average Bonchev–Trinajstić information content (AvgIpc) is 2.89. The molecule has 0 bridgehead atoms. The lowest BCUT2D eigenvalue weighted by atomic mass is 10.0. The second-order valence-corrected chi connectivity index (χ2v) is 6.45. The molecule has 1 N–H and O–H groups in total. The largest absolute Gasteiger partial charge is 0.494 e. The number of hydrogen-bond donors (Lipinski definition) is 1. The van der Waals surface area contributed by atoms with Crippen molar-refractivity contribution in [3.05, 3.63) is 94.5 Å². The molecule has 5 heteroatoms. The zero-order chi connectivity index (χ0) is 18.6. The molecule has 0 radical (unpaired) electrons. The van der Waals surface area contributed by atoms with E-state index >= 15 is 0 Å². The predicted molar refractivity (Wildman–Crippen MR) is 110 cm³/mol. The number of aliphatic imine (C=N–C) groups is 1. The molecule has 27 heavy (non-hydrogen) atoms. The third kappa shape index (κ3) is 3.71. The van der Waals surface area contributed by atoms with Crippen LogP contribution in [0.3, 0.4) is 0 Å². The molecule has 0 aromatic heterocycles. The minimum Gasteiger partial charge on any atom is -0.494 e. The Labute approximate surface area is 163 Å². The van der Waals surface area contributed by atoms with Crippen LogP contribution in [0.2, 0.25) is 5.02 Å². The molecule has 4 nitrogen and oxygen atoms in total. The van der Waals surface area contributed by atoms with Gasteiger partial charge in [-0.2, -0.15) is 5.10 Å².